The van der Waals surface area contributed by atoms with Crippen LogP contribution >= 0.6 is 0 Å². The number of pyridine rings is 1. The number of aromatic nitrogens is 1. The average molecular weight is 217 g/mol. The summed E-state index contributed by atoms with van der Waals surface area (Å²) in [4.78, 5) is 14.5. The van der Waals surface area contributed by atoms with E-state index in [4.69, 9.17) is 0 Å². The molecule has 0 aliphatic carbocycles. The molecule has 0 saturated carbocycles. The van der Waals surface area contributed by atoms with Gasteiger partial charge in [-0.3, -0.25) is 4.79 Å². The van der Waals surface area contributed by atoms with E-state index in [1.165, 1.54) is 0 Å². The second kappa shape index (κ2) is 8.60. The van der Waals surface area contributed by atoms with Crippen LogP contribution in [0.2, 0.25) is 0 Å². The van der Waals surface area contributed by atoms with E-state index >= 15 is 0 Å². The molecule has 86 valence electrons. The maximum Gasteiger partial charge on any atom is 0.168 e. The maximum atomic E-state index is 10.4. The first kappa shape index (κ1) is 14.3. The molecule has 0 radical (unpaired) electrons. The van der Waals surface area contributed by atoms with Crippen LogP contribution in [0.3, 0.4) is 0 Å². The van der Waals surface area contributed by atoms with Gasteiger partial charge in [-0.2, -0.15) is 0 Å². The van der Waals surface area contributed by atoms with Crippen LogP contribution in [0.1, 0.15) is 38.2 Å². The number of carbonyl (C=O) groups is 1. The second-order valence-electron chi connectivity index (χ2n) is 2.55. The summed E-state index contributed by atoms with van der Waals surface area (Å²) in [5, 5.41) is 1.06. The molecule has 1 heterocycles. The van der Waals surface area contributed by atoms with Crippen molar-refractivity contribution in [3.63, 3.8) is 0 Å². The van der Waals surface area contributed by atoms with Crippen molar-refractivity contribution in [2.75, 3.05) is 0 Å². The number of hydrogen-bond donors (Lipinski definition) is 0. The SMILES string of the molecule is CC.CC.O=Cc1ccc2ccccc2n1. The van der Waals surface area contributed by atoms with Gasteiger partial charge in [-0.1, -0.05) is 52.0 Å². The first-order valence-electron chi connectivity index (χ1n) is 5.71. The van der Waals surface area contributed by atoms with E-state index < -0.39 is 0 Å². The lowest BCUT2D eigenvalue weighted by atomic mass is 10.2. The predicted octanol–water partition coefficient (Wildman–Crippen LogP) is 4.10. The van der Waals surface area contributed by atoms with Crippen LogP contribution in [0.5, 0.6) is 0 Å². The summed E-state index contributed by atoms with van der Waals surface area (Å²) in [7, 11) is 0. The number of para-hydroxylation sites is 1. The Hall–Kier alpha value is -1.70. The Labute approximate surface area is 97.3 Å². The average Bonchev–Trinajstić information content (AvgIpc) is 2.42. The quantitative estimate of drug-likeness (QED) is 0.673. The molecule has 0 aliphatic heterocycles. The zero-order chi connectivity index (χ0) is 12.4. The number of fused-ring (bicyclic) bond motifs is 1. The van der Waals surface area contributed by atoms with Crippen molar-refractivity contribution in [3.8, 4) is 0 Å². The van der Waals surface area contributed by atoms with Crippen molar-refractivity contribution in [1.82, 2.24) is 4.98 Å². The summed E-state index contributed by atoms with van der Waals surface area (Å²) >= 11 is 0. The molecular weight excluding hydrogens is 198 g/mol. The summed E-state index contributed by atoms with van der Waals surface area (Å²) in [6, 6.07) is 11.3. The summed E-state index contributed by atoms with van der Waals surface area (Å²) < 4.78 is 0. The van der Waals surface area contributed by atoms with E-state index in [2.05, 4.69) is 4.98 Å². The van der Waals surface area contributed by atoms with Gasteiger partial charge < -0.3 is 0 Å². The van der Waals surface area contributed by atoms with Gasteiger partial charge in [0.05, 0.1) is 5.52 Å². The fourth-order valence-corrected chi connectivity index (χ4v) is 1.15. The normalized spacial score (nSPS) is 8.25. The lowest BCUT2D eigenvalue weighted by Crippen LogP contribution is -1.85. The van der Waals surface area contributed by atoms with Gasteiger partial charge in [0.15, 0.2) is 6.29 Å². The summed E-state index contributed by atoms with van der Waals surface area (Å²) in [5.41, 5.74) is 1.34. The minimum Gasteiger partial charge on any atom is -0.296 e. The number of aldehydes is 1. The van der Waals surface area contributed by atoms with Gasteiger partial charge in [-0.15, -0.1) is 0 Å². The Morgan fingerprint density at radius 2 is 1.56 bits per heavy atom. The van der Waals surface area contributed by atoms with Crippen LogP contribution in [0.4, 0.5) is 0 Å². The van der Waals surface area contributed by atoms with Gasteiger partial charge >= 0.3 is 0 Å². The van der Waals surface area contributed by atoms with Crippen LogP contribution in [0.15, 0.2) is 36.4 Å². The molecule has 0 aliphatic rings. The fraction of sp³-hybridized carbons (Fsp3) is 0.286. The third-order valence-electron chi connectivity index (χ3n) is 1.74. The minimum atomic E-state index is 0.480. The van der Waals surface area contributed by atoms with Crippen LogP contribution in [-0.2, 0) is 0 Å². The third-order valence-corrected chi connectivity index (χ3v) is 1.74. The topological polar surface area (TPSA) is 30.0 Å². The molecule has 1 aromatic heterocycles. The van der Waals surface area contributed by atoms with E-state index in [1.54, 1.807) is 6.07 Å². The lowest BCUT2D eigenvalue weighted by molar-refractivity contribution is 0.111. The lowest BCUT2D eigenvalue weighted by Gasteiger charge is -1.95. The molecule has 0 atom stereocenters. The molecular formula is C14H19NO. The Balaban J connectivity index is 0.000000509. The van der Waals surface area contributed by atoms with Gasteiger partial charge in [0.1, 0.15) is 5.69 Å². The van der Waals surface area contributed by atoms with E-state index in [-0.39, 0.29) is 0 Å². The predicted molar refractivity (Wildman–Crippen MR) is 69.8 cm³/mol. The molecule has 16 heavy (non-hydrogen) atoms. The molecule has 0 bridgehead atoms. The Kier molecular flexibility index (Phi) is 7.68. The summed E-state index contributed by atoms with van der Waals surface area (Å²) in [6.07, 6.45) is 0.756. The van der Waals surface area contributed by atoms with E-state index in [0.29, 0.717) is 5.69 Å². The summed E-state index contributed by atoms with van der Waals surface area (Å²) in [5.74, 6) is 0. The van der Waals surface area contributed by atoms with E-state index in [1.807, 2.05) is 58.0 Å². The molecule has 0 amide bonds. The number of rotatable bonds is 1. The van der Waals surface area contributed by atoms with Crippen LogP contribution < -0.4 is 0 Å². The Morgan fingerprint density at radius 3 is 2.19 bits per heavy atom. The molecule has 0 fully saturated rings. The molecule has 0 unspecified atom stereocenters. The molecule has 2 nitrogen and oxygen atoms in total. The number of carbonyl (C=O) groups excluding carboxylic acids is 1. The van der Waals surface area contributed by atoms with Crippen molar-refractivity contribution >= 4 is 17.2 Å². The maximum absolute atomic E-state index is 10.4. The van der Waals surface area contributed by atoms with Crippen LogP contribution in [0.25, 0.3) is 10.9 Å². The van der Waals surface area contributed by atoms with Crippen molar-refractivity contribution in [2.45, 2.75) is 27.7 Å². The highest BCUT2D eigenvalue weighted by Crippen LogP contribution is 2.10. The minimum absolute atomic E-state index is 0.480. The van der Waals surface area contributed by atoms with Crippen molar-refractivity contribution in [3.05, 3.63) is 42.1 Å². The Bertz CT molecular complexity index is 424. The third kappa shape index (κ3) is 3.81. The standard InChI is InChI=1S/C10H7NO.2C2H6/c12-7-9-6-5-8-3-1-2-4-10(8)11-9;2*1-2/h1-7H;2*1-2H3. The van der Waals surface area contributed by atoms with Crippen molar-refractivity contribution in [2.24, 2.45) is 0 Å². The second-order valence-corrected chi connectivity index (χ2v) is 2.55. The van der Waals surface area contributed by atoms with Gasteiger partial charge in [0.25, 0.3) is 0 Å². The molecule has 0 saturated heterocycles. The van der Waals surface area contributed by atoms with Crippen LogP contribution in [-0.4, -0.2) is 11.3 Å². The highest BCUT2D eigenvalue weighted by molar-refractivity contribution is 5.83. The highest BCUT2D eigenvalue weighted by Gasteiger charge is 1.94. The fourth-order valence-electron chi connectivity index (χ4n) is 1.15. The first-order chi connectivity index (χ1) is 7.90. The zero-order valence-corrected chi connectivity index (χ0v) is 10.4. The largest absolute Gasteiger partial charge is 0.296 e. The van der Waals surface area contributed by atoms with Gasteiger partial charge in [-0.25, -0.2) is 4.98 Å². The van der Waals surface area contributed by atoms with Crippen LogP contribution in [0, 0.1) is 0 Å². The van der Waals surface area contributed by atoms with E-state index in [9.17, 15) is 4.79 Å². The molecule has 2 heteroatoms. The van der Waals surface area contributed by atoms with Crippen molar-refractivity contribution < 1.29 is 4.79 Å². The molecule has 2 rings (SSSR count). The molecule has 1 aromatic carbocycles. The molecule has 0 N–H and O–H groups in total. The van der Waals surface area contributed by atoms with E-state index in [0.717, 1.165) is 17.2 Å². The van der Waals surface area contributed by atoms with Gasteiger partial charge in [-0.05, 0) is 12.1 Å². The molecule has 2 aromatic rings. The summed E-state index contributed by atoms with van der Waals surface area (Å²) in [6.45, 7) is 8.00. The Morgan fingerprint density at radius 1 is 0.938 bits per heavy atom. The molecule has 0 spiro atoms. The highest BCUT2D eigenvalue weighted by atomic mass is 16.1. The smallest absolute Gasteiger partial charge is 0.168 e. The van der Waals surface area contributed by atoms with Gasteiger partial charge in [0.2, 0.25) is 0 Å². The zero-order valence-electron chi connectivity index (χ0n) is 10.4. The number of hydrogen-bond acceptors (Lipinski definition) is 2. The number of benzene rings is 1. The number of nitrogens with zero attached hydrogens (tertiary/aromatic N) is 1. The van der Waals surface area contributed by atoms with Gasteiger partial charge in [0, 0.05) is 5.39 Å². The monoisotopic (exact) mass is 217 g/mol. The first-order valence-corrected chi connectivity index (χ1v) is 5.71. The van der Waals surface area contributed by atoms with Crippen molar-refractivity contribution in [1.29, 1.82) is 0 Å².